The number of nitrogens with zero attached hydrogens (tertiary/aromatic N) is 5. The maximum Gasteiger partial charge on any atom is 0.233 e. The number of piperazine rings is 1. The summed E-state index contributed by atoms with van der Waals surface area (Å²) in [4.78, 5) is 29.8. The summed E-state index contributed by atoms with van der Waals surface area (Å²) in [6, 6.07) is 18.0. The summed E-state index contributed by atoms with van der Waals surface area (Å²) < 4.78 is 1.94. The third kappa shape index (κ3) is 5.01. The molecule has 0 saturated carbocycles. The van der Waals surface area contributed by atoms with E-state index in [9.17, 15) is 9.59 Å². The number of hydrogen-bond acceptors (Lipinski definition) is 5. The largest absolute Gasteiger partial charge is 0.338 e. The number of hydrogen-bond donors (Lipinski definition) is 0. The second-order valence-electron chi connectivity index (χ2n) is 8.92. The van der Waals surface area contributed by atoms with Crippen LogP contribution in [-0.2, 0) is 21.4 Å². The lowest BCUT2D eigenvalue weighted by atomic mass is 9.83. The average molecular weight is 478 g/mol. The van der Waals surface area contributed by atoms with E-state index in [1.807, 2.05) is 76.7 Å². The summed E-state index contributed by atoms with van der Waals surface area (Å²) in [5.41, 5.74) is 2.65. The summed E-state index contributed by atoms with van der Waals surface area (Å²) in [6.45, 7) is 8.22. The third-order valence-corrected chi connectivity index (χ3v) is 7.35. The number of carbonyl (C=O) groups excluding carboxylic acids is 2. The Morgan fingerprint density at radius 3 is 2.29 bits per heavy atom. The highest BCUT2D eigenvalue weighted by Crippen LogP contribution is 2.27. The first kappa shape index (κ1) is 24.0. The molecule has 3 aromatic rings. The number of aryl methyl sites for hydroxylation is 1. The predicted octanol–water partition coefficient (Wildman–Crippen LogP) is 3.57. The molecule has 0 radical (unpaired) electrons. The lowest BCUT2D eigenvalue weighted by molar-refractivity contribution is -0.141. The summed E-state index contributed by atoms with van der Waals surface area (Å²) >= 11 is 1.40. The van der Waals surface area contributed by atoms with Crippen LogP contribution in [0.25, 0.3) is 5.69 Å². The van der Waals surface area contributed by atoms with Gasteiger partial charge in [-0.15, -0.1) is 10.2 Å². The van der Waals surface area contributed by atoms with E-state index >= 15 is 0 Å². The topological polar surface area (TPSA) is 71.3 Å². The molecule has 0 spiro atoms. The molecule has 7 nitrogen and oxygen atoms in total. The number of amides is 2. The molecule has 2 heterocycles. The van der Waals surface area contributed by atoms with Crippen LogP contribution >= 0.6 is 11.8 Å². The molecule has 0 aliphatic carbocycles. The van der Waals surface area contributed by atoms with Crippen molar-refractivity contribution in [3.63, 3.8) is 0 Å². The number of thioether (sulfide) groups is 1. The molecule has 34 heavy (non-hydrogen) atoms. The maximum absolute atomic E-state index is 13.2. The van der Waals surface area contributed by atoms with Gasteiger partial charge in [0.2, 0.25) is 11.8 Å². The van der Waals surface area contributed by atoms with Gasteiger partial charge in [-0.3, -0.25) is 14.2 Å². The summed E-state index contributed by atoms with van der Waals surface area (Å²) in [5, 5.41) is 8.99. The predicted molar refractivity (Wildman–Crippen MR) is 134 cm³/mol. The van der Waals surface area contributed by atoms with Crippen molar-refractivity contribution >= 4 is 23.6 Å². The van der Waals surface area contributed by atoms with Crippen molar-refractivity contribution in [3.8, 4) is 5.69 Å². The van der Waals surface area contributed by atoms with Crippen LogP contribution < -0.4 is 0 Å². The van der Waals surface area contributed by atoms with Crippen molar-refractivity contribution in [2.75, 3.05) is 31.9 Å². The van der Waals surface area contributed by atoms with Gasteiger partial charge in [0, 0.05) is 26.2 Å². The Morgan fingerprint density at radius 1 is 0.941 bits per heavy atom. The number of carbonyl (C=O) groups is 2. The minimum atomic E-state index is -0.595. The molecule has 0 unspecified atom stereocenters. The van der Waals surface area contributed by atoms with Crippen LogP contribution in [0.3, 0.4) is 0 Å². The van der Waals surface area contributed by atoms with Gasteiger partial charge in [-0.05, 0) is 37.5 Å². The van der Waals surface area contributed by atoms with Crippen LogP contribution in [-0.4, -0.2) is 68.3 Å². The van der Waals surface area contributed by atoms with E-state index in [1.165, 1.54) is 17.3 Å². The Hall–Kier alpha value is -3.13. The van der Waals surface area contributed by atoms with Crippen molar-refractivity contribution < 1.29 is 9.59 Å². The van der Waals surface area contributed by atoms with Gasteiger partial charge < -0.3 is 9.80 Å². The molecule has 0 bridgehead atoms. The quantitative estimate of drug-likeness (QED) is 0.487. The van der Waals surface area contributed by atoms with Gasteiger partial charge in [-0.25, -0.2) is 0 Å². The zero-order valence-corrected chi connectivity index (χ0v) is 20.8. The molecule has 1 aromatic heterocycles. The fourth-order valence-electron chi connectivity index (χ4n) is 4.28. The van der Waals surface area contributed by atoms with Crippen molar-refractivity contribution in [1.29, 1.82) is 0 Å². The Kier molecular flexibility index (Phi) is 7.36. The first-order valence-corrected chi connectivity index (χ1v) is 12.6. The first-order chi connectivity index (χ1) is 16.4. The summed E-state index contributed by atoms with van der Waals surface area (Å²) in [7, 11) is 0. The highest BCUT2D eigenvalue weighted by molar-refractivity contribution is 7.99. The monoisotopic (exact) mass is 477 g/mol. The van der Waals surface area contributed by atoms with Crippen LogP contribution in [0.1, 0.15) is 31.9 Å². The Labute approximate surface area is 205 Å². The summed E-state index contributed by atoms with van der Waals surface area (Å²) in [6.07, 6.45) is 2.60. The molecule has 4 rings (SSSR count). The smallest absolute Gasteiger partial charge is 0.233 e. The fraction of sp³-hybridized carbons (Fsp3) is 0.385. The molecule has 1 fully saturated rings. The average Bonchev–Trinajstić information content (AvgIpc) is 3.35. The Bertz CT molecular complexity index is 1140. The van der Waals surface area contributed by atoms with Crippen LogP contribution in [0.4, 0.5) is 0 Å². The molecular formula is C26H31N5O2S. The molecule has 1 aliphatic rings. The number of benzene rings is 2. The first-order valence-electron chi connectivity index (χ1n) is 11.7. The second-order valence-corrected chi connectivity index (χ2v) is 9.86. The van der Waals surface area contributed by atoms with Gasteiger partial charge in [0.05, 0.1) is 16.9 Å². The number of rotatable bonds is 7. The SMILES string of the molecule is CCc1ccccc1-n1cnnc1SCC(=O)N1CCN(C(=O)C(C)(C)c2ccccc2)CC1. The highest BCUT2D eigenvalue weighted by Gasteiger charge is 2.35. The van der Waals surface area contributed by atoms with Gasteiger partial charge in [0.15, 0.2) is 5.16 Å². The zero-order chi connectivity index (χ0) is 24.1. The van der Waals surface area contributed by atoms with Crippen LogP contribution in [0.2, 0.25) is 0 Å². The molecule has 2 amide bonds. The fourth-order valence-corrected chi connectivity index (χ4v) is 5.11. The van der Waals surface area contributed by atoms with Gasteiger partial charge >= 0.3 is 0 Å². The highest BCUT2D eigenvalue weighted by atomic mass is 32.2. The summed E-state index contributed by atoms with van der Waals surface area (Å²) in [5.74, 6) is 0.441. The van der Waals surface area contributed by atoms with Crippen molar-refractivity contribution in [3.05, 3.63) is 72.1 Å². The minimum Gasteiger partial charge on any atom is -0.338 e. The molecule has 1 saturated heterocycles. The number of para-hydroxylation sites is 1. The molecule has 8 heteroatoms. The van der Waals surface area contributed by atoms with E-state index in [2.05, 4.69) is 23.2 Å². The molecule has 2 aromatic carbocycles. The van der Waals surface area contributed by atoms with Crippen molar-refractivity contribution in [2.45, 2.75) is 37.8 Å². The Balaban J connectivity index is 1.33. The van der Waals surface area contributed by atoms with Crippen molar-refractivity contribution in [1.82, 2.24) is 24.6 Å². The van der Waals surface area contributed by atoms with Gasteiger partial charge in [0.25, 0.3) is 0 Å². The Morgan fingerprint density at radius 2 is 1.59 bits per heavy atom. The van der Waals surface area contributed by atoms with E-state index in [-0.39, 0.29) is 17.6 Å². The van der Waals surface area contributed by atoms with E-state index in [1.54, 1.807) is 6.33 Å². The molecule has 178 valence electrons. The normalized spacial score (nSPS) is 14.3. The van der Waals surface area contributed by atoms with Gasteiger partial charge in [-0.1, -0.05) is 67.2 Å². The number of aromatic nitrogens is 3. The lowest BCUT2D eigenvalue weighted by Crippen LogP contribution is -2.54. The van der Waals surface area contributed by atoms with E-state index in [4.69, 9.17) is 0 Å². The van der Waals surface area contributed by atoms with Gasteiger partial charge in [-0.2, -0.15) is 0 Å². The molecule has 0 atom stereocenters. The van der Waals surface area contributed by atoms with Crippen LogP contribution in [0.15, 0.2) is 66.1 Å². The standard InChI is InChI=1S/C26H31N5O2S/c1-4-20-10-8-9-13-22(20)31-19-27-28-25(31)34-18-23(32)29-14-16-30(17-15-29)24(33)26(2,3)21-11-6-5-7-12-21/h5-13,19H,4,14-18H2,1-3H3. The molecule has 0 N–H and O–H groups in total. The minimum absolute atomic E-state index is 0.0535. The van der Waals surface area contributed by atoms with E-state index < -0.39 is 5.41 Å². The maximum atomic E-state index is 13.2. The second kappa shape index (κ2) is 10.4. The van der Waals surface area contributed by atoms with E-state index in [0.29, 0.717) is 31.3 Å². The molecule has 1 aliphatic heterocycles. The van der Waals surface area contributed by atoms with Crippen LogP contribution in [0, 0.1) is 0 Å². The van der Waals surface area contributed by atoms with Crippen LogP contribution in [0.5, 0.6) is 0 Å². The van der Waals surface area contributed by atoms with Crippen molar-refractivity contribution in [2.24, 2.45) is 0 Å². The zero-order valence-electron chi connectivity index (χ0n) is 20.0. The lowest BCUT2D eigenvalue weighted by Gasteiger charge is -2.38. The third-order valence-electron chi connectivity index (χ3n) is 6.42. The van der Waals surface area contributed by atoms with Gasteiger partial charge in [0.1, 0.15) is 6.33 Å². The van der Waals surface area contributed by atoms with E-state index in [0.717, 1.165) is 17.7 Å². The molecular weight excluding hydrogens is 446 g/mol.